The van der Waals surface area contributed by atoms with Crippen molar-refractivity contribution in [1.82, 2.24) is 4.90 Å². The molecule has 2 saturated heterocycles. The second-order valence-electron chi connectivity index (χ2n) is 10.2. The van der Waals surface area contributed by atoms with E-state index in [1.54, 1.807) is 36.3 Å². The highest BCUT2D eigenvalue weighted by molar-refractivity contribution is 7.80. The van der Waals surface area contributed by atoms with Gasteiger partial charge in [-0.05, 0) is 54.6 Å². The topological polar surface area (TPSA) is 78.9 Å². The first-order valence-corrected chi connectivity index (χ1v) is 13.1. The molecule has 3 aliphatic rings. The second kappa shape index (κ2) is 9.58. The largest absolute Gasteiger partial charge is 0.496 e. The molecule has 3 heterocycles. The van der Waals surface area contributed by atoms with Gasteiger partial charge in [0.25, 0.3) is 0 Å². The summed E-state index contributed by atoms with van der Waals surface area (Å²) in [5.74, 6) is -0.366. The van der Waals surface area contributed by atoms with Gasteiger partial charge in [-0.1, -0.05) is 30.4 Å². The molecule has 6 rings (SSSR count). The number of halogens is 2. The smallest absolute Gasteiger partial charge is 0.141 e. The molecule has 0 aromatic heterocycles. The van der Waals surface area contributed by atoms with Crippen LogP contribution in [0.4, 0.5) is 20.2 Å². The average Bonchev–Trinajstić information content (AvgIpc) is 3.00. The van der Waals surface area contributed by atoms with Gasteiger partial charge in [0, 0.05) is 35.9 Å². The molecule has 2 bridgehead atoms. The summed E-state index contributed by atoms with van der Waals surface area (Å²) in [6.45, 7) is 0.861. The number of aliphatic imine (C=N–C) groups is 1. The second-order valence-corrected chi connectivity index (χ2v) is 10.6. The van der Waals surface area contributed by atoms with Crippen molar-refractivity contribution in [2.45, 2.75) is 5.92 Å². The molecule has 0 spiro atoms. The predicted octanol–water partition coefficient (Wildman–Crippen LogP) is 5.07. The van der Waals surface area contributed by atoms with E-state index >= 15 is 0 Å². The Bertz CT molecular complexity index is 1600. The molecule has 3 aliphatic heterocycles. The third-order valence-corrected chi connectivity index (χ3v) is 8.67. The van der Waals surface area contributed by atoms with E-state index in [4.69, 9.17) is 21.9 Å². The van der Waals surface area contributed by atoms with Gasteiger partial charge < -0.3 is 19.4 Å². The van der Waals surface area contributed by atoms with Crippen LogP contribution in [0.2, 0.25) is 0 Å². The summed E-state index contributed by atoms with van der Waals surface area (Å²) in [6.07, 6.45) is 0. The van der Waals surface area contributed by atoms with Gasteiger partial charge in [-0.25, -0.2) is 13.8 Å². The summed E-state index contributed by atoms with van der Waals surface area (Å²) < 4.78 is 33.1. The Morgan fingerprint density at radius 3 is 2.05 bits per heavy atom. The molecule has 0 aliphatic carbocycles. The van der Waals surface area contributed by atoms with Crippen molar-refractivity contribution in [3.63, 3.8) is 0 Å². The lowest BCUT2D eigenvalue weighted by Crippen LogP contribution is -2.73. The van der Waals surface area contributed by atoms with Crippen molar-refractivity contribution >= 4 is 34.4 Å². The van der Waals surface area contributed by atoms with E-state index in [1.165, 1.54) is 24.3 Å². The van der Waals surface area contributed by atoms with Crippen LogP contribution in [0.25, 0.3) is 0 Å². The number of hydrogen-bond donors (Lipinski definition) is 0. The molecule has 10 heteroatoms. The van der Waals surface area contributed by atoms with E-state index in [9.17, 15) is 19.3 Å². The van der Waals surface area contributed by atoms with Crippen molar-refractivity contribution in [3.8, 4) is 17.9 Å². The monoisotopic (exact) mass is 554 g/mol. The molecule has 0 amide bonds. The number of rotatable bonds is 4. The van der Waals surface area contributed by atoms with Crippen LogP contribution in [0.3, 0.4) is 0 Å². The van der Waals surface area contributed by atoms with Crippen molar-refractivity contribution in [1.29, 1.82) is 10.5 Å². The van der Waals surface area contributed by atoms with Crippen molar-refractivity contribution in [2.24, 2.45) is 15.8 Å². The number of piperidine rings is 2. The minimum absolute atomic E-state index is 0.181. The number of nitrogens with zero attached hydrogens (tertiary/aromatic N) is 6. The van der Waals surface area contributed by atoms with Gasteiger partial charge in [0.2, 0.25) is 0 Å². The highest BCUT2D eigenvalue weighted by Crippen LogP contribution is 2.60. The van der Waals surface area contributed by atoms with Gasteiger partial charge in [0.1, 0.15) is 45.7 Å². The molecule has 0 radical (unpaired) electrons. The summed E-state index contributed by atoms with van der Waals surface area (Å²) in [6, 6.07) is 24.6. The first kappa shape index (κ1) is 25.7. The number of methoxy groups -OCH3 is 1. The van der Waals surface area contributed by atoms with E-state index in [2.05, 4.69) is 12.1 Å². The maximum atomic E-state index is 13.8. The lowest BCUT2D eigenvalue weighted by molar-refractivity contribution is 0.202. The molecular formula is C30H24F2N6OS. The molecule has 0 N–H and O–H groups in total. The molecule has 40 heavy (non-hydrogen) atoms. The Kier molecular flexibility index (Phi) is 6.16. The van der Waals surface area contributed by atoms with Crippen LogP contribution in [0.15, 0.2) is 77.8 Å². The van der Waals surface area contributed by atoms with Gasteiger partial charge in [0.05, 0.1) is 25.9 Å². The van der Waals surface area contributed by atoms with Crippen LogP contribution >= 0.6 is 12.2 Å². The molecule has 200 valence electrons. The number of ether oxygens (including phenoxy) is 1. The Hall–Kier alpha value is -4.54. The van der Waals surface area contributed by atoms with Gasteiger partial charge in [-0.15, -0.1) is 0 Å². The van der Waals surface area contributed by atoms with E-state index in [0.717, 1.165) is 5.69 Å². The van der Waals surface area contributed by atoms with Crippen molar-refractivity contribution in [3.05, 3.63) is 90.0 Å². The minimum Gasteiger partial charge on any atom is -0.496 e. The quantitative estimate of drug-likeness (QED) is 0.417. The Morgan fingerprint density at radius 2 is 1.45 bits per heavy atom. The molecular weight excluding hydrogens is 530 g/mol. The number of anilines is 2. The Labute approximate surface area is 236 Å². The number of hydrogen-bond acceptors (Lipinski definition) is 7. The number of para-hydroxylation sites is 1. The van der Waals surface area contributed by atoms with Crippen LogP contribution in [-0.4, -0.2) is 49.3 Å². The first-order valence-electron chi connectivity index (χ1n) is 12.7. The van der Waals surface area contributed by atoms with Crippen molar-refractivity contribution in [2.75, 3.05) is 43.3 Å². The Morgan fingerprint density at radius 1 is 0.875 bits per heavy atom. The van der Waals surface area contributed by atoms with Gasteiger partial charge >= 0.3 is 0 Å². The lowest BCUT2D eigenvalue weighted by atomic mass is 9.53. The van der Waals surface area contributed by atoms with Gasteiger partial charge in [-0.2, -0.15) is 10.5 Å². The van der Waals surface area contributed by atoms with E-state index in [1.807, 2.05) is 34.1 Å². The molecule has 0 unspecified atom stereocenters. The van der Waals surface area contributed by atoms with Crippen LogP contribution in [0.5, 0.6) is 5.75 Å². The fourth-order valence-electron chi connectivity index (χ4n) is 6.34. The lowest BCUT2D eigenvalue weighted by Gasteiger charge is -2.61. The summed E-state index contributed by atoms with van der Waals surface area (Å²) in [5.41, 5.74) is -0.503. The van der Waals surface area contributed by atoms with Gasteiger partial charge in [0.15, 0.2) is 0 Å². The average molecular weight is 555 g/mol. The number of benzene rings is 3. The number of fused-ring (bicyclic) bond motifs is 4. The zero-order valence-electron chi connectivity index (χ0n) is 21.6. The van der Waals surface area contributed by atoms with E-state index in [0.29, 0.717) is 27.8 Å². The standard InChI is InChI=1S/C30H24F2N6OS/c1-39-25-5-3-2-4-24(25)26-29(14-33)16-36(22-10-6-20(31)7-11-22)17-30(26,15-34)28(40)38-19-37(18-35-27(29)38)23-12-8-21(32)9-13-23/h2-13,26H,16-19H2,1H3/t26-,29-,30-/m1/s1. The predicted molar refractivity (Wildman–Crippen MR) is 151 cm³/mol. The zero-order valence-corrected chi connectivity index (χ0v) is 22.4. The van der Waals surface area contributed by atoms with Crippen LogP contribution < -0.4 is 14.5 Å². The zero-order chi connectivity index (χ0) is 28.1. The minimum atomic E-state index is -1.34. The summed E-state index contributed by atoms with van der Waals surface area (Å²) in [7, 11) is 1.56. The number of amidine groups is 1. The molecule has 3 aromatic carbocycles. The molecule has 3 atom stereocenters. The van der Waals surface area contributed by atoms with Crippen LogP contribution in [-0.2, 0) is 0 Å². The Balaban J connectivity index is 1.56. The molecule has 3 aromatic rings. The highest BCUT2D eigenvalue weighted by atomic mass is 32.1. The molecule has 2 fully saturated rings. The third kappa shape index (κ3) is 3.71. The fourth-order valence-corrected chi connectivity index (χ4v) is 6.71. The fraction of sp³-hybridized carbons (Fsp3) is 0.267. The van der Waals surface area contributed by atoms with Crippen LogP contribution in [0, 0.1) is 45.1 Å². The first-order chi connectivity index (χ1) is 19.4. The maximum Gasteiger partial charge on any atom is 0.141 e. The normalized spacial score (nSPS) is 25.4. The maximum absolute atomic E-state index is 13.8. The summed E-state index contributed by atoms with van der Waals surface area (Å²) >= 11 is 6.12. The summed E-state index contributed by atoms with van der Waals surface area (Å²) in [5, 5.41) is 22.0. The van der Waals surface area contributed by atoms with Crippen molar-refractivity contribution < 1.29 is 13.5 Å². The van der Waals surface area contributed by atoms with E-state index < -0.39 is 16.7 Å². The molecule has 7 nitrogen and oxygen atoms in total. The summed E-state index contributed by atoms with van der Waals surface area (Å²) in [4.78, 5) is 10.9. The SMILES string of the molecule is COc1ccccc1[C@H]1[C@@]2(C#N)CN(c3ccc(F)cc3)C[C@@]1(C#N)C1=NCN(c3ccc(F)cc3)CN1C2=S. The van der Waals surface area contributed by atoms with Gasteiger partial charge in [-0.3, -0.25) is 0 Å². The number of thiocarbonyl (C=S) groups is 1. The highest BCUT2D eigenvalue weighted by Gasteiger charge is 2.68. The molecule has 0 saturated carbocycles. The van der Waals surface area contributed by atoms with Crippen LogP contribution in [0.1, 0.15) is 11.5 Å². The third-order valence-electron chi connectivity index (χ3n) is 8.08. The van der Waals surface area contributed by atoms with E-state index in [-0.39, 0.29) is 38.1 Å². The number of nitriles is 2.